The Morgan fingerprint density at radius 1 is 1.18 bits per heavy atom. The lowest BCUT2D eigenvalue weighted by molar-refractivity contribution is -0.136. The Morgan fingerprint density at radius 3 is 2.68 bits per heavy atom. The molecule has 0 saturated heterocycles. The highest BCUT2D eigenvalue weighted by Crippen LogP contribution is 2.32. The van der Waals surface area contributed by atoms with Gasteiger partial charge in [0.15, 0.2) is 11.5 Å². The van der Waals surface area contributed by atoms with Gasteiger partial charge in [-0.1, -0.05) is 36.4 Å². The van der Waals surface area contributed by atoms with Crippen LogP contribution < -0.4 is 14.8 Å². The number of carbonyl (C=O) groups is 2. The summed E-state index contributed by atoms with van der Waals surface area (Å²) >= 11 is 0. The van der Waals surface area contributed by atoms with Gasteiger partial charge in [0, 0.05) is 19.7 Å². The summed E-state index contributed by atoms with van der Waals surface area (Å²) in [4.78, 5) is 26.2. The van der Waals surface area contributed by atoms with Crippen molar-refractivity contribution in [3.63, 3.8) is 0 Å². The summed E-state index contributed by atoms with van der Waals surface area (Å²) < 4.78 is 10.5. The van der Waals surface area contributed by atoms with Gasteiger partial charge in [0.2, 0.25) is 18.6 Å². The number of ether oxygens (including phenoxy) is 2. The molecule has 2 N–H and O–H groups in total. The van der Waals surface area contributed by atoms with E-state index in [4.69, 9.17) is 9.47 Å². The minimum absolute atomic E-state index is 0.180. The molecule has 0 spiro atoms. The molecule has 28 heavy (non-hydrogen) atoms. The SMILES string of the molecule is CN(Cc1ccccc1)C(=O)C(CO)NC(=O)C=Cc1ccc2c(c1)OCO2. The van der Waals surface area contributed by atoms with Crippen LogP contribution in [0.2, 0.25) is 0 Å². The largest absolute Gasteiger partial charge is 0.454 e. The van der Waals surface area contributed by atoms with Crippen molar-refractivity contribution < 1.29 is 24.2 Å². The fourth-order valence-electron chi connectivity index (χ4n) is 2.80. The predicted molar refractivity (Wildman–Crippen MR) is 104 cm³/mol. The van der Waals surface area contributed by atoms with Crippen molar-refractivity contribution in [3.8, 4) is 11.5 Å². The Morgan fingerprint density at radius 2 is 1.93 bits per heavy atom. The second kappa shape index (κ2) is 9.05. The van der Waals surface area contributed by atoms with Crippen LogP contribution in [-0.2, 0) is 16.1 Å². The molecule has 1 atom stereocenters. The Balaban J connectivity index is 1.57. The number of hydrogen-bond donors (Lipinski definition) is 2. The summed E-state index contributed by atoms with van der Waals surface area (Å²) in [5.41, 5.74) is 1.72. The van der Waals surface area contributed by atoms with Crippen molar-refractivity contribution in [1.82, 2.24) is 10.2 Å². The lowest BCUT2D eigenvalue weighted by Gasteiger charge is -2.23. The van der Waals surface area contributed by atoms with Gasteiger partial charge in [-0.25, -0.2) is 0 Å². The monoisotopic (exact) mass is 382 g/mol. The zero-order valence-corrected chi connectivity index (χ0v) is 15.5. The summed E-state index contributed by atoms with van der Waals surface area (Å²) in [5, 5.41) is 12.1. The second-order valence-corrected chi connectivity index (χ2v) is 6.37. The molecule has 2 aromatic carbocycles. The van der Waals surface area contributed by atoms with Gasteiger partial charge in [0.25, 0.3) is 0 Å². The third-order valence-corrected chi connectivity index (χ3v) is 4.26. The van der Waals surface area contributed by atoms with Gasteiger partial charge in [0.05, 0.1) is 6.61 Å². The Labute approximate surface area is 163 Å². The van der Waals surface area contributed by atoms with E-state index in [9.17, 15) is 14.7 Å². The van der Waals surface area contributed by atoms with E-state index in [1.54, 1.807) is 31.3 Å². The van der Waals surface area contributed by atoms with Crippen molar-refractivity contribution in [1.29, 1.82) is 0 Å². The molecule has 7 nitrogen and oxygen atoms in total. The van der Waals surface area contributed by atoms with Crippen LogP contribution in [0.3, 0.4) is 0 Å². The molecule has 3 rings (SSSR count). The van der Waals surface area contributed by atoms with E-state index in [1.165, 1.54) is 11.0 Å². The minimum Gasteiger partial charge on any atom is -0.454 e. The van der Waals surface area contributed by atoms with Gasteiger partial charge in [-0.05, 0) is 29.3 Å². The fourth-order valence-corrected chi connectivity index (χ4v) is 2.80. The summed E-state index contributed by atoms with van der Waals surface area (Å²) in [5.74, 6) is 0.442. The topological polar surface area (TPSA) is 88.1 Å². The Hall–Kier alpha value is -3.32. The van der Waals surface area contributed by atoms with Gasteiger partial charge in [-0.15, -0.1) is 0 Å². The lowest BCUT2D eigenvalue weighted by atomic mass is 10.2. The van der Waals surface area contributed by atoms with Gasteiger partial charge in [0.1, 0.15) is 6.04 Å². The molecule has 0 saturated carbocycles. The van der Waals surface area contributed by atoms with Crippen LogP contribution in [0, 0.1) is 0 Å². The van der Waals surface area contributed by atoms with Gasteiger partial charge in [-0.3, -0.25) is 9.59 Å². The van der Waals surface area contributed by atoms with Crippen molar-refractivity contribution >= 4 is 17.9 Å². The highest BCUT2D eigenvalue weighted by Gasteiger charge is 2.22. The van der Waals surface area contributed by atoms with E-state index < -0.39 is 18.6 Å². The van der Waals surface area contributed by atoms with Gasteiger partial charge in [-0.2, -0.15) is 0 Å². The molecule has 0 fully saturated rings. The van der Waals surface area contributed by atoms with Crippen molar-refractivity contribution in [2.24, 2.45) is 0 Å². The molecule has 0 aliphatic carbocycles. The number of fused-ring (bicyclic) bond motifs is 1. The third kappa shape index (κ3) is 4.89. The first kappa shape index (κ1) is 19.4. The Bertz CT molecular complexity index is 866. The number of carbonyl (C=O) groups excluding carboxylic acids is 2. The zero-order valence-electron chi connectivity index (χ0n) is 15.5. The van der Waals surface area contributed by atoms with Gasteiger partial charge < -0.3 is 24.8 Å². The summed E-state index contributed by atoms with van der Waals surface area (Å²) in [7, 11) is 1.63. The highest BCUT2D eigenvalue weighted by molar-refractivity contribution is 5.95. The van der Waals surface area contributed by atoms with Crippen LogP contribution in [0.1, 0.15) is 11.1 Å². The molecular weight excluding hydrogens is 360 g/mol. The minimum atomic E-state index is -1.01. The second-order valence-electron chi connectivity index (χ2n) is 6.37. The number of amides is 2. The number of aliphatic hydroxyl groups is 1. The number of nitrogens with one attached hydrogen (secondary N) is 1. The molecule has 1 unspecified atom stereocenters. The van der Waals surface area contributed by atoms with Crippen LogP contribution in [0.25, 0.3) is 6.08 Å². The average molecular weight is 382 g/mol. The predicted octanol–water partition coefficient (Wildman–Crippen LogP) is 1.56. The maximum atomic E-state index is 12.5. The fraction of sp³-hybridized carbons (Fsp3) is 0.238. The van der Waals surface area contributed by atoms with E-state index in [2.05, 4.69) is 5.32 Å². The van der Waals surface area contributed by atoms with Crippen LogP contribution >= 0.6 is 0 Å². The highest BCUT2D eigenvalue weighted by atomic mass is 16.7. The summed E-state index contributed by atoms with van der Waals surface area (Å²) in [6.45, 7) is 0.0838. The van der Waals surface area contributed by atoms with E-state index >= 15 is 0 Å². The maximum absolute atomic E-state index is 12.5. The van der Waals surface area contributed by atoms with Crippen molar-refractivity contribution in [2.75, 3.05) is 20.4 Å². The van der Waals surface area contributed by atoms with Gasteiger partial charge >= 0.3 is 0 Å². The standard InChI is InChI=1S/C21H22N2O5/c1-23(12-16-5-3-2-4-6-16)21(26)17(13-24)22-20(25)10-8-15-7-9-18-19(11-15)28-14-27-18/h2-11,17,24H,12-14H2,1H3,(H,22,25). The molecule has 146 valence electrons. The van der Waals surface area contributed by atoms with Crippen molar-refractivity contribution in [3.05, 3.63) is 65.7 Å². The number of hydrogen-bond acceptors (Lipinski definition) is 5. The molecule has 0 bridgehead atoms. The lowest BCUT2D eigenvalue weighted by Crippen LogP contribution is -2.48. The van der Waals surface area contributed by atoms with E-state index in [0.717, 1.165) is 11.1 Å². The average Bonchev–Trinajstić information content (AvgIpc) is 3.18. The number of benzene rings is 2. The summed E-state index contributed by atoms with van der Waals surface area (Å²) in [6, 6.07) is 13.8. The van der Waals surface area contributed by atoms with Crippen molar-refractivity contribution in [2.45, 2.75) is 12.6 Å². The smallest absolute Gasteiger partial charge is 0.247 e. The maximum Gasteiger partial charge on any atom is 0.247 e. The Kier molecular flexibility index (Phi) is 6.29. The molecule has 0 aromatic heterocycles. The molecule has 1 aliphatic heterocycles. The van der Waals surface area contributed by atoms with E-state index in [1.807, 2.05) is 30.3 Å². The first-order chi connectivity index (χ1) is 13.6. The normalized spacial score (nSPS) is 13.4. The molecule has 2 aromatic rings. The van der Waals surface area contributed by atoms with E-state index in [0.29, 0.717) is 18.0 Å². The van der Waals surface area contributed by atoms with Crippen LogP contribution in [0.4, 0.5) is 0 Å². The number of aliphatic hydroxyl groups excluding tert-OH is 1. The molecule has 0 radical (unpaired) electrons. The summed E-state index contributed by atoms with van der Waals surface area (Å²) in [6.07, 6.45) is 2.91. The number of rotatable bonds is 7. The third-order valence-electron chi connectivity index (χ3n) is 4.26. The van der Waals surface area contributed by atoms with E-state index in [-0.39, 0.29) is 12.7 Å². The molecule has 1 heterocycles. The van der Waals surface area contributed by atoms with Crippen LogP contribution in [0.15, 0.2) is 54.6 Å². The van der Waals surface area contributed by atoms with Crippen LogP contribution in [-0.4, -0.2) is 48.3 Å². The zero-order chi connectivity index (χ0) is 19.9. The number of likely N-dealkylation sites (N-methyl/N-ethyl adjacent to an activating group) is 1. The molecule has 1 aliphatic rings. The number of nitrogens with zero attached hydrogens (tertiary/aromatic N) is 1. The molecule has 7 heteroatoms. The first-order valence-corrected chi connectivity index (χ1v) is 8.85. The molecule has 2 amide bonds. The quantitative estimate of drug-likeness (QED) is 0.710. The first-order valence-electron chi connectivity index (χ1n) is 8.85. The van der Waals surface area contributed by atoms with Crippen LogP contribution in [0.5, 0.6) is 11.5 Å². The molecular formula is C21H22N2O5.